The van der Waals surface area contributed by atoms with Gasteiger partial charge in [-0.2, -0.15) is 0 Å². The van der Waals surface area contributed by atoms with E-state index in [9.17, 15) is 14.7 Å². The van der Waals surface area contributed by atoms with Crippen LogP contribution in [0.25, 0.3) is 0 Å². The molecule has 0 aliphatic carbocycles. The number of hydrogen-bond acceptors (Lipinski definition) is 3. The van der Waals surface area contributed by atoms with Gasteiger partial charge >= 0.3 is 5.97 Å². The average Bonchev–Trinajstić information content (AvgIpc) is 2.47. The summed E-state index contributed by atoms with van der Waals surface area (Å²) in [4.78, 5) is 23.7. The Morgan fingerprint density at radius 1 is 1.41 bits per heavy atom. The van der Waals surface area contributed by atoms with Crippen molar-refractivity contribution in [3.8, 4) is 0 Å². The highest BCUT2D eigenvalue weighted by Crippen LogP contribution is 2.29. The van der Waals surface area contributed by atoms with Crippen LogP contribution in [0.5, 0.6) is 0 Å². The molecule has 1 aliphatic heterocycles. The predicted molar refractivity (Wildman–Crippen MR) is 82.5 cm³/mol. The van der Waals surface area contributed by atoms with Crippen molar-refractivity contribution in [1.29, 1.82) is 0 Å². The zero-order chi connectivity index (χ0) is 16.2. The fourth-order valence-electron chi connectivity index (χ4n) is 2.90. The van der Waals surface area contributed by atoms with E-state index >= 15 is 0 Å². The number of carbonyl (C=O) groups excluding carboxylic acids is 1. The van der Waals surface area contributed by atoms with Crippen LogP contribution in [-0.2, 0) is 20.7 Å². The number of benzene rings is 1. The lowest BCUT2D eigenvalue weighted by atomic mass is 9.93. The second kappa shape index (κ2) is 6.92. The summed E-state index contributed by atoms with van der Waals surface area (Å²) in [6, 6.07) is 7.91. The summed E-state index contributed by atoms with van der Waals surface area (Å²) in [6.45, 7) is 4.03. The maximum absolute atomic E-state index is 12.3. The van der Waals surface area contributed by atoms with E-state index in [0.717, 1.165) is 12.0 Å². The fourth-order valence-corrected chi connectivity index (χ4v) is 2.90. The molecule has 0 saturated heterocycles. The molecule has 5 nitrogen and oxygen atoms in total. The molecule has 2 N–H and O–H groups in total. The minimum absolute atomic E-state index is 0.142. The Kier molecular flexibility index (Phi) is 5.19. The Labute approximate surface area is 130 Å². The van der Waals surface area contributed by atoms with Gasteiger partial charge in [-0.25, -0.2) is 4.79 Å². The average molecular weight is 305 g/mol. The number of carboxylic acid groups (broad SMARTS) is 1. The topological polar surface area (TPSA) is 75.6 Å². The van der Waals surface area contributed by atoms with Gasteiger partial charge in [-0.15, -0.1) is 0 Å². The largest absolute Gasteiger partial charge is 0.480 e. The molecule has 0 fully saturated rings. The van der Waals surface area contributed by atoms with Crippen molar-refractivity contribution in [3.63, 3.8) is 0 Å². The molecule has 0 aromatic heterocycles. The third-order valence-corrected chi connectivity index (χ3v) is 4.10. The minimum Gasteiger partial charge on any atom is -0.480 e. The van der Waals surface area contributed by atoms with Crippen LogP contribution >= 0.6 is 0 Å². The van der Waals surface area contributed by atoms with Crippen molar-refractivity contribution in [2.45, 2.75) is 51.2 Å². The number of amides is 1. The molecule has 2 rings (SSSR count). The number of carbonyl (C=O) groups is 2. The highest BCUT2D eigenvalue weighted by atomic mass is 16.5. The van der Waals surface area contributed by atoms with Crippen LogP contribution in [0.1, 0.15) is 50.3 Å². The van der Waals surface area contributed by atoms with E-state index in [1.807, 2.05) is 31.2 Å². The Balaban J connectivity index is 2.05. The van der Waals surface area contributed by atoms with E-state index in [0.29, 0.717) is 19.4 Å². The quantitative estimate of drug-likeness (QED) is 0.846. The van der Waals surface area contributed by atoms with Crippen molar-refractivity contribution in [2.75, 3.05) is 6.61 Å². The van der Waals surface area contributed by atoms with Gasteiger partial charge < -0.3 is 15.2 Å². The Morgan fingerprint density at radius 2 is 2.14 bits per heavy atom. The van der Waals surface area contributed by atoms with Crippen molar-refractivity contribution in [1.82, 2.24) is 5.32 Å². The molecule has 1 amide bonds. The van der Waals surface area contributed by atoms with Gasteiger partial charge in [0.1, 0.15) is 5.54 Å². The Morgan fingerprint density at radius 3 is 2.82 bits per heavy atom. The number of ether oxygens (including phenoxy) is 1. The van der Waals surface area contributed by atoms with Crippen LogP contribution in [-0.4, -0.2) is 29.1 Å². The van der Waals surface area contributed by atoms with Crippen LogP contribution < -0.4 is 5.32 Å². The first kappa shape index (κ1) is 16.5. The summed E-state index contributed by atoms with van der Waals surface area (Å²) in [5.74, 6) is -1.30. The monoisotopic (exact) mass is 305 g/mol. The van der Waals surface area contributed by atoms with E-state index in [4.69, 9.17) is 4.74 Å². The maximum Gasteiger partial charge on any atom is 0.329 e. The molecule has 1 heterocycles. The van der Waals surface area contributed by atoms with Gasteiger partial charge in [0.15, 0.2) is 0 Å². The smallest absolute Gasteiger partial charge is 0.329 e. The van der Waals surface area contributed by atoms with Gasteiger partial charge in [0.25, 0.3) is 0 Å². The number of aliphatic carboxylic acids is 1. The molecule has 1 aromatic carbocycles. The third-order valence-electron chi connectivity index (χ3n) is 4.10. The fraction of sp³-hybridized carbons (Fsp3) is 0.529. The van der Waals surface area contributed by atoms with Gasteiger partial charge in [-0.05, 0) is 30.9 Å². The van der Waals surface area contributed by atoms with Gasteiger partial charge in [0.05, 0.1) is 19.1 Å². The van der Waals surface area contributed by atoms with Crippen LogP contribution in [0, 0.1) is 0 Å². The highest BCUT2D eigenvalue weighted by molar-refractivity contribution is 5.86. The number of fused-ring (bicyclic) bond motifs is 1. The van der Waals surface area contributed by atoms with E-state index in [-0.39, 0.29) is 18.4 Å². The second-order valence-electron chi connectivity index (χ2n) is 5.95. The van der Waals surface area contributed by atoms with E-state index < -0.39 is 11.5 Å². The number of hydrogen-bond donors (Lipinski definition) is 2. The summed E-state index contributed by atoms with van der Waals surface area (Å²) in [7, 11) is 0. The lowest BCUT2D eigenvalue weighted by Gasteiger charge is -2.29. The van der Waals surface area contributed by atoms with E-state index in [2.05, 4.69) is 5.32 Å². The SMILES string of the molecule is CCCC(C)(NC(=O)CC1OCCc2ccccc21)C(=O)O. The van der Waals surface area contributed by atoms with Gasteiger partial charge in [-0.1, -0.05) is 37.6 Å². The molecule has 120 valence electrons. The minimum atomic E-state index is -1.22. The predicted octanol–water partition coefficient (Wildman–Crippen LogP) is 2.45. The first-order valence-corrected chi connectivity index (χ1v) is 7.70. The molecule has 1 aromatic rings. The molecule has 22 heavy (non-hydrogen) atoms. The summed E-state index contributed by atoms with van der Waals surface area (Å²) in [6.07, 6.45) is 1.77. The van der Waals surface area contributed by atoms with Crippen LogP contribution in [0.3, 0.4) is 0 Å². The third kappa shape index (κ3) is 3.65. The normalized spacial score (nSPS) is 19.8. The summed E-state index contributed by atoms with van der Waals surface area (Å²) in [5.41, 5.74) is 0.998. The van der Waals surface area contributed by atoms with E-state index in [1.165, 1.54) is 5.56 Å². The van der Waals surface area contributed by atoms with Crippen molar-refractivity contribution < 1.29 is 19.4 Å². The molecule has 0 saturated carbocycles. The zero-order valence-corrected chi connectivity index (χ0v) is 13.1. The first-order valence-electron chi connectivity index (χ1n) is 7.70. The summed E-state index contributed by atoms with van der Waals surface area (Å²) < 4.78 is 5.70. The summed E-state index contributed by atoms with van der Waals surface area (Å²) in [5, 5.41) is 12.0. The Bertz CT molecular complexity index is 557. The van der Waals surface area contributed by atoms with Crippen LogP contribution in [0.2, 0.25) is 0 Å². The molecule has 2 unspecified atom stereocenters. The van der Waals surface area contributed by atoms with Crippen LogP contribution in [0.4, 0.5) is 0 Å². The first-order chi connectivity index (χ1) is 10.5. The van der Waals surface area contributed by atoms with Crippen molar-refractivity contribution >= 4 is 11.9 Å². The highest BCUT2D eigenvalue weighted by Gasteiger charge is 2.34. The van der Waals surface area contributed by atoms with Crippen molar-refractivity contribution in [3.05, 3.63) is 35.4 Å². The maximum atomic E-state index is 12.3. The van der Waals surface area contributed by atoms with E-state index in [1.54, 1.807) is 6.92 Å². The molecular formula is C17H23NO4. The Hall–Kier alpha value is -1.88. The second-order valence-corrected chi connectivity index (χ2v) is 5.95. The molecular weight excluding hydrogens is 282 g/mol. The van der Waals surface area contributed by atoms with Gasteiger partial charge in [0, 0.05) is 0 Å². The van der Waals surface area contributed by atoms with Gasteiger partial charge in [0.2, 0.25) is 5.91 Å². The number of rotatable bonds is 6. The molecule has 0 radical (unpaired) electrons. The zero-order valence-electron chi connectivity index (χ0n) is 13.1. The number of carboxylic acids is 1. The summed E-state index contributed by atoms with van der Waals surface area (Å²) >= 11 is 0. The van der Waals surface area contributed by atoms with Gasteiger partial charge in [-0.3, -0.25) is 4.79 Å². The molecule has 0 spiro atoms. The molecule has 0 bridgehead atoms. The number of nitrogens with one attached hydrogen (secondary N) is 1. The lowest BCUT2D eigenvalue weighted by molar-refractivity contribution is -0.147. The molecule has 1 aliphatic rings. The molecule has 2 atom stereocenters. The van der Waals surface area contributed by atoms with Crippen LogP contribution in [0.15, 0.2) is 24.3 Å². The lowest BCUT2D eigenvalue weighted by Crippen LogP contribution is -2.52. The molecule has 5 heteroatoms. The standard InChI is InChI=1S/C17H23NO4/c1-3-9-17(2,16(20)21)18-15(19)11-14-13-7-5-4-6-12(13)8-10-22-14/h4-7,14H,3,8-11H2,1-2H3,(H,18,19)(H,20,21). The van der Waals surface area contributed by atoms with Crippen molar-refractivity contribution in [2.24, 2.45) is 0 Å².